The summed E-state index contributed by atoms with van der Waals surface area (Å²) in [5, 5.41) is 14.8. The Balaban J connectivity index is 2.03. The topological polar surface area (TPSA) is 35.5 Å². The Morgan fingerprint density at radius 1 is 1.13 bits per heavy atom. The molecule has 1 aromatic carbocycles. The Hall–Kier alpha value is -1.06. The molecular weight excluding hydrogens is 188 g/mol. The first-order chi connectivity index (χ1) is 7.38. The van der Waals surface area contributed by atoms with Gasteiger partial charge in [0, 0.05) is 0 Å². The molecule has 0 bridgehead atoms. The van der Waals surface area contributed by atoms with E-state index in [-0.39, 0.29) is 6.04 Å². The van der Waals surface area contributed by atoms with E-state index >= 15 is 0 Å². The van der Waals surface area contributed by atoms with Crippen LogP contribution in [0.1, 0.15) is 19.3 Å². The number of hydrogen-bond acceptors (Lipinski definition) is 3. The first kappa shape index (κ1) is 10.5. The average molecular weight is 206 g/mol. The fraction of sp³-hybridized carbons (Fsp3) is 0.500. The van der Waals surface area contributed by atoms with Crippen molar-refractivity contribution < 1.29 is 5.21 Å². The smallest absolute Gasteiger partial charge is 0.0637 e. The molecule has 0 amide bonds. The zero-order valence-electron chi connectivity index (χ0n) is 8.89. The number of benzene rings is 1. The minimum Gasteiger partial charge on any atom is -0.317 e. The molecule has 0 radical (unpaired) electrons. The molecule has 15 heavy (non-hydrogen) atoms. The molecule has 1 aliphatic heterocycles. The average Bonchev–Trinajstić information content (AvgIpc) is 2.58. The maximum atomic E-state index is 10.1. The van der Waals surface area contributed by atoms with Crippen LogP contribution in [0, 0.1) is 0 Å². The molecule has 1 fully saturated rings. The summed E-state index contributed by atoms with van der Waals surface area (Å²) in [6, 6.07) is 10.0. The molecule has 0 aromatic heterocycles. The van der Waals surface area contributed by atoms with Crippen LogP contribution >= 0.6 is 0 Å². The van der Waals surface area contributed by atoms with Crippen molar-refractivity contribution in [1.29, 1.82) is 0 Å². The lowest BCUT2D eigenvalue weighted by atomic mass is 10.1. The molecule has 2 rings (SSSR count). The summed E-state index contributed by atoms with van der Waals surface area (Å²) in [5.74, 6) is 0. The number of hydroxylamine groups is 1. The second-order valence-corrected chi connectivity index (χ2v) is 4.01. The molecule has 1 aliphatic rings. The first-order valence-electron chi connectivity index (χ1n) is 5.62. The van der Waals surface area contributed by atoms with E-state index in [1.54, 1.807) is 0 Å². The SMILES string of the molecule is ON(c1ccccc1)C1CCCNCC1. The van der Waals surface area contributed by atoms with Gasteiger partial charge in [0.1, 0.15) is 0 Å². The Kier molecular flexibility index (Phi) is 3.59. The molecule has 1 saturated heterocycles. The summed E-state index contributed by atoms with van der Waals surface area (Å²) in [7, 11) is 0. The highest BCUT2D eigenvalue weighted by Crippen LogP contribution is 2.19. The number of hydrogen-bond donors (Lipinski definition) is 2. The van der Waals surface area contributed by atoms with E-state index in [0.717, 1.165) is 38.0 Å². The summed E-state index contributed by atoms with van der Waals surface area (Å²) in [5.41, 5.74) is 0.893. The zero-order chi connectivity index (χ0) is 10.5. The van der Waals surface area contributed by atoms with Gasteiger partial charge in [0.2, 0.25) is 0 Å². The van der Waals surface area contributed by atoms with Gasteiger partial charge in [-0.3, -0.25) is 10.3 Å². The number of nitrogens with zero attached hydrogens (tertiary/aromatic N) is 1. The monoisotopic (exact) mass is 206 g/mol. The van der Waals surface area contributed by atoms with E-state index in [0.29, 0.717) is 0 Å². The predicted octanol–water partition coefficient (Wildman–Crippen LogP) is 2.02. The van der Waals surface area contributed by atoms with Crippen LogP contribution in [-0.2, 0) is 0 Å². The molecular formula is C12H18N2O. The predicted molar refractivity (Wildman–Crippen MR) is 61.2 cm³/mol. The number of anilines is 1. The molecule has 2 N–H and O–H groups in total. The Bertz CT molecular complexity index is 281. The van der Waals surface area contributed by atoms with Gasteiger partial charge in [-0.1, -0.05) is 18.2 Å². The van der Waals surface area contributed by atoms with Crippen LogP contribution in [0.2, 0.25) is 0 Å². The maximum Gasteiger partial charge on any atom is 0.0637 e. The normalized spacial score (nSPS) is 22.1. The van der Waals surface area contributed by atoms with Crippen molar-refractivity contribution in [3.63, 3.8) is 0 Å². The van der Waals surface area contributed by atoms with Gasteiger partial charge in [0.25, 0.3) is 0 Å². The van der Waals surface area contributed by atoms with Gasteiger partial charge in [0.05, 0.1) is 11.7 Å². The van der Waals surface area contributed by atoms with Crippen LogP contribution < -0.4 is 10.4 Å². The van der Waals surface area contributed by atoms with Crippen molar-refractivity contribution in [3.05, 3.63) is 30.3 Å². The van der Waals surface area contributed by atoms with Gasteiger partial charge in [-0.15, -0.1) is 0 Å². The molecule has 82 valence electrons. The van der Waals surface area contributed by atoms with Crippen molar-refractivity contribution in [1.82, 2.24) is 5.32 Å². The number of rotatable bonds is 2. The summed E-state index contributed by atoms with van der Waals surface area (Å²) in [6.07, 6.45) is 3.19. The lowest BCUT2D eigenvalue weighted by Gasteiger charge is -2.26. The van der Waals surface area contributed by atoms with Crippen LogP contribution in [-0.4, -0.2) is 24.3 Å². The molecule has 1 heterocycles. The van der Waals surface area contributed by atoms with Crippen molar-refractivity contribution in [2.24, 2.45) is 0 Å². The van der Waals surface area contributed by atoms with Gasteiger partial charge in [-0.25, -0.2) is 0 Å². The Labute approximate surface area is 90.7 Å². The molecule has 1 unspecified atom stereocenters. The highest BCUT2D eigenvalue weighted by molar-refractivity contribution is 5.43. The van der Waals surface area contributed by atoms with Crippen molar-refractivity contribution in [2.75, 3.05) is 18.2 Å². The Morgan fingerprint density at radius 3 is 2.73 bits per heavy atom. The van der Waals surface area contributed by atoms with Gasteiger partial charge in [-0.05, 0) is 44.5 Å². The second kappa shape index (κ2) is 5.14. The lowest BCUT2D eigenvalue weighted by Crippen LogP contribution is -2.32. The first-order valence-corrected chi connectivity index (χ1v) is 5.62. The Morgan fingerprint density at radius 2 is 1.93 bits per heavy atom. The number of para-hydroxylation sites is 1. The van der Waals surface area contributed by atoms with Gasteiger partial charge in [0.15, 0.2) is 0 Å². The van der Waals surface area contributed by atoms with E-state index in [4.69, 9.17) is 0 Å². The third-order valence-electron chi connectivity index (χ3n) is 2.91. The van der Waals surface area contributed by atoms with Crippen molar-refractivity contribution in [3.8, 4) is 0 Å². The van der Waals surface area contributed by atoms with Gasteiger partial charge >= 0.3 is 0 Å². The fourth-order valence-corrected chi connectivity index (χ4v) is 2.04. The van der Waals surface area contributed by atoms with E-state index < -0.39 is 0 Å². The quantitative estimate of drug-likeness (QED) is 0.727. The fourth-order valence-electron chi connectivity index (χ4n) is 2.04. The highest BCUT2D eigenvalue weighted by atomic mass is 16.5. The standard InChI is InChI=1S/C12H18N2O/c15-14(11-5-2-1-3-6-11)12-7-4-9-13-10-8-12/h1-3,5-6,12-13,15H,4,7-10H2. The molecule has 3 heteroatoms. The van der Waals surface area contributed by atoms with E-state index in [1.807, 2.05) is 30.3 Å². The minimum atomic E-state index is 0.252. The van der Waals surface area contributed by atoms with Gasteiger partial charge in [-0.2, -0.15) is 0 Å². The third kappa shape index (κ3) is 2.70. The highest BCUT2D eigenvalue weighted by Gasteiger charge is 2.18. The minimum absolute atomic E-state index is 0.252. The summed E-state index contributed by atoms with van der Waals surface area (Å²) in [4.78, 5) is 0. The molecule has 0 saturated carbocycles. The summed E-state index contributed by atoms with van der Waals surface area (Å²) < 4.78 is 0. The van der Waals surface area contributed by atoms with Gasteiger partial charge < -0.3 is 5.32 Å². The van der Waals surface area contributed by atoms with Crippen LogP contribution in [0.15, 0.2) is 30.3 Å². The van der Waals surface area contributed by atoms with Crippen LogP contribution in [0.3, 0.4) is 0 Å². The number of nitrogens with one attached hydrogen (secondary N) is 1. The van der Waals surface area contributed by atoms with E-state index in [1.165, 1.54) is 5.06 Å². The summed E-state index contributed by atoms with van der Waals surface area (Å²) in [6.45, 7) is 2.06. The van der Waals surface area contributed by atoms with Crippen LogP contribution in [0.25, 0.3) is 0 Å². The molecule has 1 atom stereocenters. The summed E-state index contributed by atoms with van der Waals surface area (Å²) >= 11 is 0. The zero-order valence-corrected chi connectivity index (χ0v) is 8.89. The molecule has 3 nitrogen and oxygen atoms in total. The lowest BCUT2D eigenvalue weighted by molar-refractivity contribution is 0.207. The van der Waals surface area contributed by atoms with Crippen LogP contribution in [0.4, 0.5) is 5.69 Å². The largest absolute Gasteiger partial charge is 0.317 e. The van der Waals surface area contributed by atoms with Crippen molar-refractivity contribution >= 4 is 5.69 Å². The molecule has 0 spiro atoms. The van der Waals surface area contributed by atoms with Crippen LogP contribution in [0.5, 0.6) is 0 Å². The van der Waals surface area contributed by atoms with E-state index in [9.17, 15) is 5.21 Å². The van der Waals surface area contributed by atoms with Crippen molar-refractivity contribution in [2.45, 2.75) is 25.3 Å². The third-order valence-corrected chi connectivity index (χ3v) is 2.91. The second-order valence-electron chi connectivity index (χ2n) is 4.01. The maximum absolute atomic E-state index is 10.1. The molecule has 1 aromatic rings. The van der Waals surface area contributed by atoms with E-state index in [2.05, 4.69) is 5.32 Å². The molecule has 0 aliphatic carbocycles.